The van der Waals surface area contributed by atoms with E-state index in [1.165, 1.54) is 0 Å². The summed E-state index contributed by atoms with van der Waals surface area (Å²) in [5.41, 5.74) is 0. The summed E-state index contributed by atoms with van der Waals surface area (Å²) in [5, 5.41) is 0. The fraction of sp³-hybridized carbons (Fsp3) is 0.933. The largest absolute Gasteiger partial charge is 0.463 e. The third-order valence-corrected chi connectivity index (χ3v) is 2.23. The summed E-state index contributed by atoms with van der Waals surface area (Å²) < 4.78 is 21.1. The molecule has 0 amide bonds. The maximum absolute atomic E-state index is 11.2. The van der Waals surface area contributed by atoms with Gasteiger partial charge in [0, 0.05) is 19.6 Å². The van der Waals surface area contributed by atoms with Gasteiger partial charge in [0.15, 0.2) is 0 Å². The first-order valence-electron chi connectivity index (χ1n) is 7.45. The molecule has 0 heterocycles. The van der Waals surface area contributed by atoms with Crippen molar-refractivity contribution in [2.24, 2.45) is 5.92 Å². The van der Waals surface area contributed by atoms with Crippen LogP contribution < -0.4 is 0 Å². The van der Waals surface area contributed by atoms with Gasteiger partial charge in [0.25, 0.3) is 0 Å². The van der Waals surface area contributed by atoms with Crippen molar-refractivity contribution in [2.45, 2.75) is 46.6 Å². The zero-order valence-electron chi connectivity index (χ0n) is 13.4. The predicted octanol–water partition coefficient (Wildman–Crippen LogP) is 2.42. The van der Waals surface area contributed by atoms with Crippen LogP contribution in [0, 0.1) is 5.92 Å². The SMILES string of the molecule is CC(C)COCCOCCOCCCC(=O)OC(C)C. The van der Waals surface area contributed by atoms with E-state index in [4.69, 9.17) is 18.9 Å². The van der Waals surface area contributed by atoms with Crippen molar-refractivity contribution in [1.82, 2.24) is 0 Å². The molecule has 0 aromatic rings. The molecule has 0 atom stereocenters. The Labute approximate surface area is 122 Å². The Kier molecular flexibility index (Phi) is 12.9. The van der Waals surface area contributed by atoms with Crippen molar-refractivity contribution < 1.29 is 23.7 Å². The van der Waals surface area contributed by atoms with Crippen molar-refractivity contribution in [1.29, 1.82) is 0 Å². The molecule has 0 saturated heterocycles. The molecule has 0 aromatic heterocycles. The lowest BCUT2D eigenvalue weighted by Gasteiger charge is -2.09. The standard InChI is InChI=1S/C15H30O5/c1-13(2)12-19-11-10-18-9-8-17-7-5-6-15(16)20-14(3)4/h13-14H,5-12H2,1-4H3. The first kappa shape index (κ1) is 19.4. The number of carbonyl (C=O) groups excluding carboxylic acids is 1. The highest BCUT2D eigenvalue weighted by molar-refractivity contribution is 5.69. The van der Waals surface area contributed by atoms with Gasteiger partial charge in [-0.15, -0.1) is 0 Å². The lowest BCUT2D eigenvalue weighted by Crippen LogP contribution is -2.13. The fourth-order valence-electron chi connectivity index (χ4n) is 1.40. The van der Waals surface area contributed by atoms with Crippen LogP contribution in [0.5, 0.6) is 0 Å². The molecular formula is C15H30O5. The van der Waals surface area contributed by atoms with Gasteiger partial charge in [-0.1, -0.05) is 13.8 Å². The van der Waals surface area contributed by atoms with Crippen LogP contribution in [0.15, 0.2) is 0 Å². The summed E-state index contributed by atoms with van der Waals surface area (Å²) in [6, 6.07) is 0. The highest BCUT2D eigenvalue weighted by Gasteiger charge is 2.04. The zero-order chi connectivity index (χ0) is 15.2. The van der Waals surface area contributed by atoms with Crippen molar-refractivity contribution in [3.05, 3.63) is 0 Å². The molecular weight excluding hydrogens is 260 g/mol. The summed E-state index contributed by atoms with van der Waals surface area (Å²) in [4.78, 5) is 11.2. The number of ether oxygens (including phenoxy) is 4. The minimum atomic E-state index is -0.165. The molecule has 0 bridgehead atoms. The van der Waals surface area contributed by atoms with Crippen molar-refractivity contribution in [3.8, 4) is 0 Å². The predicted molar refractivity (Wildman–Crippen MR) is 77.8 cm³/mol. The monoisotopic (exact) mass is 290 g/mol. The minimum Gasteiger partial charge on any atom is -0.463 e. The molecule has 0 saturated carbocycles. The second-order valence-electron chi connectivity index (χ2n) is 5.34. The van der Waals surface area contributed by atoms with Crippen molar-refractivity contribution in [2.75, 3.05) is 39.6 Å². The molecule has 5 nitrogen and oxygen atoms in total. The van der Waals surface area contributed by atoms with Crippen LogP contribution in [0.3, 0.4) is 0 Å². The van der Waals surface area contributed by atoms with Crippen LogP contribution in [-0.2, 0) is 23.7 Å². The van der Waals surface area contributed by atoms with Gasteiger partial charge >= 0.3 is 5.97 Å². The average molecular weight is 290 g/mol. The van der Waals surface area contributed by atoms with Gasteiger partial charge in [0.05, 0.1) is 32.5 Å². The Morgan fingerprint density at radius 3 is 1.95 bits per heavy atom. The summed E-state index contributed by atoms with van der Waals surface area (Å²) in [6.07, 6.45) is 1.04. The number of hydrogen-bond acceptors (Lipinski definition) is 5. The lowest BCUT2D eigenvalue weighted by atomic mass is 10.2. The van der Waals surface area contributed by atoms with Gasteiger partial charge < -0.3 is 18.9 Å². The van der Waals surface area contributed by atoms with E-state index in [0.717, 1.165) is 6.61 Å². The summed E-state index contributed by atoms with van der Waals surface area (Å²) in [7, 11) is 0. The molecule has 0 unspecified atom stereocenters. The lowest BCUT2D eigenvalue weighted by molar-refractivity contribution is -0.147. The quantitative estimate of drug-likeness (QED) is 0.385. The third-order valence-electron chi connectivity index (χ3n) is 2.23. The number of esters is 1. The van der Waals surface area contributed by atoms with E-state index in [2.05, 4.69) is 13.8 Å². The van der Waals surface area contributed by atoms with Crippen LogP contribution in [0.1, 0.15) is 40.5 Å². The van der Waals surface area contributed by atoms with Gasteiger partial charge in [-0.3, -0.25) is 4.79 Å². The molecule has 120 valence electrons. The Morgan fingerprint density at radius 2 is 1.40 bits per heavy atom. The van der Waals surface area contributed by atoms with Crippen molar-refractivity contribution in [3.63, 3.8) is 0 Å². The summed E-state index contributed by atoms with van der Waals surface area (Å²) in [5.74, 6) is 0.392. The number of hydrogen-bond donors (Lipinski definition) is 0. The highest BCUT2D eigenvalue weighted by atomic mass is 16.5. The second kappa shape index (κ2) is 13.3. The Hall–Kier alpha value is -0.650. The average Bonchev–Trinajstić information content (AvgIpc) is 2.34. The minimum absolute atomic E-state index is 0.0465. The molecule has 0 fully saturated rings. The van der Waals surface area contributed by atoms with E-state index in [0.29, 0.717) is 51.8 Å². The molecule has 20 heavy (non-hydrogen) atoms. The molecule has 0 aliphatic rings. The van der Waals surface area contributed by atoms with Gasteiger partial charge in [0.2, 0.25) is 0 Å². The second-order valence-corrected chi connectivity index (χ2v) is 5.34. The maximum atomic E-state index is 11.2. The molecule has 0 aliphatic heterocycles. The van der Waals surface area contributed by atoms with Crippen LogP contribution >= 0.6 is 0 Å². The summed E-state index contributed by atoms with van der Waals surface area (Å²) in [6.45, 7) is 11.6. The molecule has 0 spiro atoms. The molecule has 0 N–H and O–H groups in total. The van der Waals surface area contributed by atoms with Gasteiger partial charge in [-0.25, -0.2) is 0 Å². The summed E-state index contributed by atoms with van der Waals surface area (Å²) >= 11 is 0. The van der Waals surface area contributed by atoms with Crippen LogP contribution in [0.4, 0.5) is 0 Å². The number of carbonyl (C=O) groups is 1. The molecule has 5 heteroatoms. The zero-order valence-corrected chi connectivity index (χ0v) is 13.4. The molecule has 0 aliphatic carbocycles. The molecule has 0 aromatic carbocycles. The first-order valence-corrected chi connectivity index (χ1v) is 7.45. The van der Waals surface area contributed by atoms with Gasteiger partial charge in [-0.2, -0.15) is 0 Å². The highest BCUT2D eigenvalue weighted by Crippen LogP contribution is 1.97. The van der Waals surface area contributed by atoms with Gasteiger partial charge in [-0.05, 0) is 26.2 Å². The molecule has 0 rings (SSSR count). The Balaban J connectivity index is 3.11. The van der Waals surface area contributed by atoms with Gasteiger partial charge in [0.1, 0.15) is 0 Å². The maximum Gasteiger partial charge on any atom is 0.306 e. The number of rotatable bonds is 13. The topological polar surface area (TPSA) is 54.0 Å². The molecule has 0 radical (unpaired) electrons. The Bertz CT molecular complexity index is 228. The van der Waals surface area contributed by atoms with Crippen LogP contribution in [0.2, 0.25) is 0 Å². The van der Waals surface area contributed by atoms with Crippen molar-refractivity contribution >= 4 is 5.97 Å². The van der Waals surface area contributed by atoms with E-state index in [-0.39, 0.29) is 12.1 Å². The normalized spacial score (nSPS) is 11.3. The fourth-order valence-corrected chi connectivity index (χ4v) is 1.40. The van der Waals surface area contributed by atoms with E-state index in [1.54, 1.807) is 0 Å². The Morgan fingerprint density at radius 1 is 0.850 bits per heavy atom. The van der Waals surface area contributed by atoms with E-state index >= 15 is 0 Å². The van der Waals surface area contributed by atoms with E-state index in [1.807, 2.05) is 13.8 Å². The van der Waals surface area contributed by atoms with Crippen LogP contribution in [0.25, 0.3) is 0 Å². The first-order chi connectivity index (χ1) is 9.52. The van der Waals surface area contributed by atoms with E-state index < -0.39 is 0 Å². The van der Waals surface area contributed by atoms with Crippen LogP contribution in [-0.4, -0.2) is 51.7 Å². The smallest absolute Gasteiger partial charge is 0.306 e. The van der Waals surface area contributed by atoms with E-state index in [9.17, 15) is 4.79 Å². The third kappa shape index (κ3) is 15.4.